The second kappa shape index (κ2) is 10.4. The molecule has 0 bridgehead atoms. The highest BCUT2D eigenvalue weighted by Crippen LogP contribution is 2.26. The average molecular weight is 412 g/mol. The molecule has 0 unspecified atom stereocenters. The lowest BCUT2D eigenvalue weighted by Gasteiger charge is -2.11. The Bertz CT molecular complexity index is 1000. The molecule has 0 atom stereocenters. The maximum Gasteiger partial charge on any atom is 0.306 e. The van der Waals surface area contributed by atoms with Crippen LogP contribution < -0.4 is 9.47 Å². The number of para-hydroxylation sites is 1. The van der Waals surface area contributed by atoms with Gasteiger partial charge >= 0.3 is 5.97 Å². The first kappa shape index (κ1) is 21.3. The molecule has 0 heterocycles. The van der Waals surface area contributed by atoms with Gasteiger partial charge in [-0.2, -0.15) is 0 Å². The molecule has 0 aliphatic rings. The Hall–Kier alpha value is -3.41. The van der Waals surface area contributed by atoms with Crippen LogP contribution in [0.4, 0.5) is 8.78 Å². The lowest BCUT2D eigenvalue weighted by atomic mass is 10.1. The van der Waals surface area contributed by atoms with E-state index in [4.69, 9.17) is 14.2 Å². The van der Waals surface area contributed by atoms with Crippen LogP contribution in [0.2, 0.25) is 0 Å². The van der Waals surface area contributed by atoms with Crippen LogP contribution in [0.3, 0.4) is 0 Å². The standard InChI is InChI=1S/C24H22F2O4/c1-2-28-24(27)13-11-17-10-12-22(21(26)15-17)29-16-18-6-5-7-19(14-18)30-23-9-4-3-8-20(23)25/h3-10,12,14-15H,2,11,13,16H2,1H3. The molecule has 156 valence electrons. The molecule has 0 amide bonds. The third-order valence-corrected chi connectivity index (χ3v) is 4.28. The molecule has 0 N–H and O–H groups in total. The smallest absolute Gasteiger partial charge is 0.306 e. The van der Waals surface area contributed by atoms with Crippen molar-refractivity contribution in [3.05, 3.63) is 89.5 Å². The van der Waals surface area contributed by atoms with Crippen molar-refractivity contribution in [2.75, 3.05) is 6.61 Å². The average Bonchev–Trinajstić information content (AvgIpc) is 2.74. The number of halogens is 2. The molecule has 4 nitrogen and oxygen atoms in total. The highest BCUT2D eigenvalue weighted by atomic mass is 19.1. The van der Waals surface area contributed by atoms with Crippen LogP contribution in [0.1, 0.15) is 24.5 Å². The van der Waals surface area contributed by atoms with Gasteiger partial charge in [-0.3, -0.25) is 4.79 Å². The van der Waals surface area contributed by atoms with Crippen LogP contribution in [0.25, 0.3) is 0 Å². The number of hydrogen-bond acceptors (Lipinski definition) is 4. The van der Waals surface area contributed by atoms with E-state index in [9.17, 15) is 13.6 Å². The Morgan fingerprint density at radius 3 is 2.47 bits per heavy atom. The van der Waals surface area contributed by atoms with Gasteiger partial charge in [0.2, 0.25) is 0 Å². The van der Waals surface area contributed by atoms with Gasteiger partial charge in [0.15, 0.2) is 23.1 Å². The van der Waals surface area contributed by atoms with Crippen LogP contribution in [-0.2, 0) is 22.6 Å². The van der Waals surface area contributed by atoms with Crippen LogP contribution in [-0.4, -0.2) is 12.6 Å². The number of ether oxygens (including phenoxy) is 3. The van der Waals surface area contributed by atoms with Crippen molar-refractivity contribution in [3.8, 4) is 17.2 Å². The van der Waals surface area contributed by atoms with E-state index in [0.717, 1.165) is 5.56 Å². The molecule has 3 aromatic carbocycles. The first-order valence-corrected chi connectivity index (χ1v) is 9.63. The zero-order valence-corrected chi connectivity index (χ0v) is 16.6. The lowest BCUT2D eigenvalue weighted by Crippen LogP contribution is -2.05. The second-order valence-corrected chi connectivity index (χ2v) is 6.54. The summed E-state index contributed by atoms with van der Waals surface area (Å²) in [4.78, 5) is 11.4. The Balaban J connectivity index is 1.59. The zero-order chi connectivity index (χ0) is 21.3. The first-order valence-electron chi connectivity index (χ1n) is 9.63. The van der Waals surface area contributed by atoms with Crippen molar-refractivity contribution in [1.82, 2.24) is 0 Å². The largest absolute Gasteiger partial charge is 0.486 e. The number of esters is 1. The van der Waals surface area contributed by atoms with Crippen LogP contribution in [0.15, 0.2) is 66.7 Å². The van der Waals surface area contributed by atoms with E-state index in [-0.39, 0.29) is 30.5 Å². The summed E-state index contributed by atoms with van der Waals surface area (Å²) < 4.78 is 44.1. The van der Waals surface area contributed by atoms with E-state index in [1.54, 1.807) is 49.4 Å². The fourth-order valence-corrected chi connectivity index (χ4v) is 2.81. The summed E-state index contributed by atoms with van der Waals surface area (Å²) in [5.74, 6) is -0.582. The second-order valence-electron chi connectivity index (χ2n) is 6.54. The number of rotatable bonds is 9. The Kier molecular flexibility index (Phi) is 7.38. The number of aryl methyl sites for hydroxylation is 1. The lowest BCUT2D eigenvalue weighted by molar-refractivity contribution is -0.143. The van der Waals surface area contributed by atoms with Crippen molar-refractivity contribution in [2.45, 2.75) is 26.4 Å². The van der Waals surface area contributed by atoms with Gasteiger partial charge in [-0.1, -0.05) is 30.3 Å². The molecule has 0 fully saturated rings. The Morgan fingerprint density at radius 2 is 1.70 bits per heavy atom. The minimum atomic E-state index is -0.505. The summed E-state index contributed by atoms with van der Waals surface area (Å²) in [6, 6.07) is 17.7. The van der Waals surface area contributed by atoms with Crippen LogP contribution in [0, 0.1) is 11.6 Å². The predicted octanol–water partition coefficient (Wildman–Crippen LogP) is 5.83. The third kappa shape index (κ3) is 6.04. The fraction of sp³-hybridized carbons (Fsp3) is 0.208. The maximum absolute atomic E-state index is 14.3. The van der Waals surface area contributed by atoms with Gasteiger partial charge < -0.3 is 14.2 Å². The summed E-state index contributed by atoms with van der Waals surface area (Å²) in [6.07, 6.45) is 0.591. The molecule has 0 aliphatic heterocycles. The highest BCUT2D eigenvalue weighted by molar-refractivity contribution is 5.69. The van der Waals surface area contributed by atoms with Crippen molar-refractivity contribution in [1.29, 1.82) is 0 Å². The molecule has 30 heavy (non-hydrogen) atoms. The van der Waals surface area contributed by atoms with Crippen molar-refractivity contribution in [2.24, 2.45) is 0 Å². The monoisotopic (exact) mass is 412 g/mol. The Labute approximate surface area is 174 Å². The quantitative estimate of drug-likeness (QED) is 0.415. The van der Waals surface area contributed by atoms with Crippen molar-refractivity contribution < 1.29 is 27.8 Å². The SMILES string of the molecule is CCOC(=O)CCc1ccc(OCc2cccc(Oc3ccccc3F)c2)c(F)c1. The molecule has 0 radical (unpaired) electrons. The number of benzene rings is 3. The summed E-state index contributed by atoms with van der Waals surface area (Å²) in [5.41, 5.74) is 1.43. The molecule has 0 spiro atoms. The molecule has 6 heteroatoms. The number of hydrogen-bond donors (Lipinski definition) is 0. The van der Waals surface area contributed by atoms with E-state index in [2.05, 4.69) is 0 Å². The Morgan fingerprint density at radius 1 is 0.867 bits per heavy atom. The predicted molar refractivity (Wildman–Crippen MR) is 109 cm³/mol. The van der Waals surface area contributed by atoms with Gasteiger partial charge in [-0.15, -0.1) is 0 Å². The maximum atomic E-state index is 14.3. The molecule has 0 aromatic heterocycles. The topological polar surface area (TPSA) is 44.8 Å². The minimum absolute atomic E-state index is 0.107. The normalized spacial score (nSPS) is 10.5. The molecule has 0 aliphatic carbocycles. The highest BCUT2D eigenvalue weighted by Gasteiger charge is 2.09. The van der Waals surface area contributed by atoms with E-state index in [1.165, 1.54) is 24.3 Å². The van der Waals surface area contributed by atoms with Crippen LogP contribution >= 0.6 is 0 Å². The molecule has 0 saturated carbocycles. The zero-order valence-electron chi connectivity index (χ0n) is 16.6. The van der Waals surface area contributed by atoms with Gasteiger partial charge in [0.05, 0.1) is 6.61 Å². The van der Waals surface area contributed by atoms with E-state index >= 15 is 0 Å². The van der Waals surface area contributed by atoms with E-state index in [1.807, 2.05) is 0 Å². The van der Waals surface area contributed by atoms with Gasteiger partial charge in [0.25, 0.3) is 0 Å². The summed E-state index contributed by atoms with van der Waals surface area (Å²) in [5, 5.41) is 0. The first-order chi connectivity index (χ1) is 14.5. The van der Waals surface area contributed by atoms with Gasteiger partial charge in [0.1, 0.15) is 12.4 Å². The van der Waals surface area contributed by atoms with Crippen LogP contribution in [0.5, 0.6) is 17.2 Å². The van der Waals surface area contributed by atoms with Gasteiger partial charge in [-0.25, -0.2) is 8.78 Å². The fourth-order valence-electron chi connectivity index (χ4n) is 2.81. The molecule has 3 rings (SSSR count). The summed E-state index contributed by atoms with van der Waals surface area (Å²) >= 11 is 0. The third-order valence-electron chi connectivity index (χ3n) is 4.28. The molecular formula is C24H22F2O4. The summed E-state index contributed by atoms with van der Waals surface area (Å²) in [7, 11) is 0. The van der Waals surface area contributed by atoms with Crippen molar-refractivity contribution >= 4 is 5.97 Å². The van der Waals surface area contributed by atoms with Gasteiger partial charge in [-0.05, 0) is 60.9 Å². The van der Waals surface area contributed by atoms with E-state index in [0.29, 0.717) is 24.3 Å². The molecule has 3 aromatic rings. The minimum Gasteiger partial charge on any atom is -0.486 e. The number of carbonyl (C=O) groups is 1. The molecular weight excluding hydrogens is 390 g/mol. The number of carbonyl (C=O) groups excluding carboxylic acids is 1. The van der Waals surface area contributed by atoms with Gasteiger partial charge in [0, 0.05) is 6.42 Å². The molecule has 0 saturated heterocycles. The van der Waals surface area contributed by atoms with Crippen molar-refractivity contribution in [3.63, 3.8) is 0 Å². The van der Waals surface area contributed by atoms with E-state index < -0.39 is 11.6 Å². The summed E-state index contributed by atoms with van der Waals surface area (Å²) in [6.45, 7) is 2.19.